The molecule has 0 radical (unpaired) electrons. The molecule has 0 saturated heterocycles. The van der Waals surface area contributed by atoms with Crippen LogP contribution < -0.4 is 5.32 Å². The van der Waals surface area contributed by atoms with Crippen LogP contribution in [0.15, 0.2) is 42.5 Å². The van der Waals surface area contributed by atoms with Crippen molar-refractivity contribution < 1.29 is 13.2 Å². The maximum Gasteiger partial charge on any atom is 0.128 e. The molecule has 1 N–H and O–H groups in total. The van der Waals surface area contributed by atoms with Crippen LogP contribution in [0.4, 0.5) is 18.9 Å². The lowest BCUT2D eigenvalue weighted by molar-refractivity contribution is 0.583. The van der Waals surface area contributed by atoms with Crippen LogP contribution in [0.1, 0.15) is 24.9 Å². The fourth-order valence-corrected chi connectivity index (χ4v) is 1.95. The minimum atomic E-state index is -0.628. The second-order valence-corrected chi connectivity index (χ2v) is 4.31. The van der Waals surface area contributed by atoms with E-state index in [1.807, 2.05) is 6.92 Å². The molecule has 1 unspecified atom stereocenters. The number of rotatable bonds is 4. The molecule has 0 aromatic heterocycles. The average molecular weight is 265 g/mol. The van der Waals surface area contributed by atoms with Gasteiger partial charge in [0.25, 0.3) is 0 Å². The Balaban J connectivity index is 2.21. The lowest BCUT2D eigenvalue weighted by Crippen LogP contribution is -2.10. The van der Waals surface area contributed by atoms with Crippen molar-refractivity contribution in [1.82, 2.24) is 0 Å². The number of anilines is 1. The molecule has 0 aliphatic carbocycles. The van der Waals surface area contributed by atoms with E-state index >= 15 is 0 Å². The van der Waals surface area contributed by atoms with Crippen molar-refractivity contribution in [2.24, 2.45) is 0 Å². The number of halogens is 3. The highest BCUT2D eigenvalue weighted by Gasteiger charge is 2.10. The van der Waals surface area contributed by atoms with Gasteiger partial charge in [-0.3, -0.25) is 0 Å². The van der Waals surface area contributed by atoms with Crippen LogP contribution in [0.25, 0.3) is 0 Å². The summed E-state index contributed by atoms with van der Waals surface area (Å²) in [6.45, 7) is 1.94. The van der Waals surface area contributed by atoms with Crippen LogP contribution in [-0.2, 0) is 0 Å². The Labute approximate surface area is 110 Å². The van der Waals surface area contributed by atoms with Crippen LogP contribution in [-0.4, -0.2) is 0 Å². The molecule has 0 saturated carbocycles. The standard InChI is InChI=1S/C15H14F3N/c1-2-15(10-3-5-11(16)6-4-10)19-14-8-12(17)7-13(18)9-14/h3-9,15,19H,2H2,1H3. The summed E-state index contributed by atoms with van der Waals surface area (Å²) in [5.41, 5.74) is 1.24. The van der Waals surface area contributed by atoms with Gasteiger partial charge in [-0.2, -0.15) is 0 Å². The van der Waals surface area contributed by atoms with E-state index < -0.39 is 11.6 Å². The number of benzene rings is 2. The zero-order chi connectivity index (χ0) is 13.8. The minimum absolute atomic E-state index is 0.123. The lowest BCUT2D eigenvalue weighted by atomic mass is 10.0. The van der Waals surface area contributed by atoms with Crippen molar-refractivity contribution in [3.8, 4) is 0 Å². The molecule has 2 aromatic carbocycles. The van der Waals surface area contributed by atoms with Crippen molar-refractivity contribution >= 4 is 5.69 Å². The van der Waals surface area contributed by atoms with E-state index in [9.17, 15) is 13.2 Å². The van der Waals surface area contributed by atoms with Crippen LogP contribution >= 0.6 is 0 Å². The molecule has 19 heavy (non-hydrogen) atoms. The van der Waals surface area contributed by atoms with Gasteiger partial charge in [0.2, 0.25) is 0 Å². The maximum atomic E-state index is 13.1. The highest BCUT2D eigenvalue weighted by atomic mass is 19.1. The Bertz CT molecular complexity index is 532. The molecule has 1 nitrogen and oxygen atoms in total. The van der Waals surface area contributed by atoms with Crippen molar-refractivity contribution in [2.45, 2.75) is 19.4 Å². The SMILES string of the molecule is CCC(Nc1cc(F)cc(F)c1)c1ccc(F)cc1. The largest absolute Gasteiger partial charge is 0.378 e. The highest BCUT2D eigenvalue weighted by Crippen LogP contribution is 2.23. The van der Waals surface area contributed by atoms with Crippen molar-refractivity contribution in [3.05, 3.63) is 65.5 Å². The highest BCUT2D eigenvalue weighted by molar-refractivity contribution is 5.46. The lowest BCUT2D eigenvalue weighted by Gasteiger charge is -2.19. The number of hydrogen-bond donors (Lipinski definition) is 1. The number of hydrogen-bond acceptors (Lipinski definition) is 1. The van der Waals surface area contributed by atoms with Crippen LogP contribution in [0, 0.1) is 17.5 Å². The summed E-state index contributed by atoms with van der Waals surface area (Å²) < 4.78 is 39.1. The van der Waals surface area contributed by atoms with Gasteiger partial charge in [0.05, 0.1) is 6.04 Å². The third-order valence-corrected chi connectivity index (χ3v) is 2.88. The second-order valence-electron chi connectivity index (χ2n) is 4.31. The van der Waals surface area contributed by atoms with Crippen LogP contribution in [0.3, 0.4) is 0 Å². The maximum absolute atomic E-state index is 13.1. The molecule has 0 spiro atoms. The fraction of sp³-hybridized carbons (Fsp3) is 0.200. The molecule has 0 aliphatic rings. The van der Waals surface area contributed by atoms with Gasteiger partial charge in [-0.15, -0.1) is 0 Å². The van der Waals surface area contributed by atoms with Gasteiger partial charge in [0, 0.05) is 11.8 Å². The summed E-state index contributed by atoms with van der Waals surface area (Å²) in [4.78, 5) is 0. The Kier molecular flexibility index (Phi) is 4.10. The summed E-state index contributed by atoms with van der Waals surface area (Å²) in [5, 5.41) is 3.04. The normalized spacial score (nSPS) is 12.2. The van der Waals surface area contributed by atoms with Gasteiger partial charge in [-0.05, 0) is 36.2 Å². The molecule has 4 heteroatoms. The summed E-state index contributed by atoms with van der Waals surface area (Å²) in [6.07, 6.45) is 0.712. The van der Waals surface area contributed by atoms with Gasteiger partial charge in [-0.25, -0.2) is 13.2 Å². The minimum Gasteiger partial charge on any atom is -0.378 e. The Morgan fingerprint density at radius 1 is 0.895 bits per heavy atom. The summed E-state index contributed by atoms with van der Waals surface area (Å²) in [6, 6.07) is 9.21. The van der Waals surface area contributed by atoms with Gasteiger partial charge < -0.3 is 5.32 Å². The molecule has 1 atom stereocenters. The van der Waals surface area contributed by atoms with E-state index in [1.54, 1.807) is 12.1 Å². The molecule has 0 fully saturated rings. The topological polar surface area (TPSA) is 12.0 Å². The van der Waals surface area contributed by atoms with Crippen LogP contribution in [0.5, 0.6) is 0 Å². The average Bonchev–Trinajstić information content (AvgIpc) is 2.36. The summed E-state index contributed by atoms with van der Waals surface area (Å²) >= 11 is 0. The fourth-order valence-electron chi connectivity index (χ4n) is 1.95. The van der Waals surface area contributed by atoms with Gasteiger partial charge in [0.1, 0.15) is 17.5 Å². The summed E-state index contributed by atoms with van der Waals surface area (Å²) in [5.74, 6) is -1.57. The molecule has 0 aliphatic heterocycles. The first kappa shape index (κ1) is 13.5. The van der Waals surface area contributed by atoms with Crippen molar-refractivity contribution in [3.63, 3.8) is 0 Å². The van der Waals surface area contributed by atoms with Gasteiger partial charge in [-0.1, -0.05) is 19.1 Å². The van der Waals surface area contributed by atoms with Crippen molar-refractivity contribution in [1.29, 1.82) is 0 Å². The molecule has 0 amide bonds. The number of nitrogens with one attached hydrogen (secondary N) is 1. The van der Waals surface area contributed by atoms with E-state index in [1.165, 1.54) is 24.3 Å². The van der Waals surface area contributed by atoms with Crippen LogP contribution in [0.2, 0.25) is 0 Å². The predicted molar refractivity (Wildman–Crippen MR) is 69.4 cm³/mol. The summed E-state index contributed by atoms with van der Waals surface area (Å²) in [7, 11) is 0. The zero-order valence-electron chi connectivity index (χ0n) is 10.5. The molecule has 0 bridgehead atoms. The second kappa shape index (κ2) is 5.78. The zero-order valence-corrected chi connectivity index (χ0v) is 10.5. The predicted octanol–water partition coefficient (Wildman–Crippen LogP) is 4.67. The van der Waals surface area contributed by atoms with Gasteiger partial charge >= 0.3 is 0 Å². The van der Waals surface area contributed by atoms with E-state index in [0.29, 0.717) is 12.1 Å². The van der Waals surface area contributed by atoms with Crippen molar-refractivity contribution in [2.75, 3.05) is 5.32 Å². The first-order chi connectivity index (χ1) is 9.08. The molecule has 0 heterocycles. The van der Waals surface area contributed by atoms with E-state index in [4.69, 9.17) is 0 Å². The smallest absolute Gasteiger partial charge is 0.128 e. The van der Waals surface area contributed by atoms with E-state index in [2.05, 4.69) is 5.32 Å². The first-order valence-corrected chi connectivity index (χ1v) is 6.06. The third-order valence-electron chi connectivity index (χ3n) is 2.88. The molecular weight excluding hydrogens is 251 g/mol. The quantitative estimate of drug-likeness (QED) is 0.847. The Morgan fingerprint density at radius 3 is 2.00 bits per heavy atom. The first-order valence-electron chi connectivity index (χ1n) is 6.06. The monoisotopic (exact) mass is 265 g/mol. The van der Waals surface area contributed by atoms with E-state index in [0.717, 1.165) is 11.6 Å². The van der Waals surface area contributed by atoms with E-state index in [-0.39, 0.29) is 11.9 Å². The van der Waals surface area contributed by atoms with Gasteiger partial charge in [0.15, 0.2) is 0 Å². The molecule has 2 aromatic rings. The third kappa shape index (κ3) is 3.50. The molecule has 2 rings (SSSR count). The molecular formula is C15H14F3N. The Morgan fingerprint density at radius 2 is 1.47 bits per heavy atom. The Hall–Kier alpha value is -1.97. The molecule has 100 valence electrons.